The molecule has 0 aliphatic heterocycles. The molecule has 0 aromatic carbocycles. The van der Waals surface area contributed by atoms with Gasteiger partial charge in [0, 0.05) is 0 Å². The van der Waals surface area contributed by atoms with E-state index in [2.05, 4.69) is 31.8 Å². The van der Waals surface area contributed by atoms with Gasteiger partial charge >= 0.3 is 0 Å². The number of hydrogen-bond acceptors (Lipinski definition) is 1. The summed E-state index contributed by atoms with van der Waals surface area (Å²) in [6, 6.07) is 2.11. The fourth-order valence-electron chi connectivity index (χ4n) is 1.84. The molecule has 16 heavy (non-hydrogen) atoms. The fourth-order valence-corrected chi connectivity index (χ4v) is 2.37. The molecule has 0 N–H and O–H groups in total. The van der Waals surface area contributed by atoms with Crippen LogP contribution in [0.15, 0.2) is 6.07 Å². The predicted octanol–water partition coefficient (Wildman–Crippen LogP) is 4.93. The molecule has 90 valence electrons. The van der Waals surface area contributed by atoms with E-state index in [9.17, 15) is 0 Å². The van der Waals surface area contributed by atoms with E-state index in [0.717, 1.165) is 24.0 Å². The molecule has 0 aliphatic carbocycles. The third-order valence-electron chi connectivity index (χ3n) is 3.12. The van der Waals surface area contributed by atoms with Crippen molar-refractivity contribution >= 4 is 23.2 Å². The monoisotopic (exact) mass is 259 g/mol. The minimum Gasteiger partial charge on any atom is -0.224 e. The summed E-state index contributed by atoms with van der Waals surface area (Å²) in [6.45, 7) is 6.51. The molecule has 0 aliphatic rings. The van der Waals surface area contributed by atoms with Crippen LogP contribution in [0.1, 0.15) is 44.7 Å². The van der Waals surface area contributed by atoms with Crippen LogP contribution in [0.5, 0.6) is 0 Å². The van der Waals surface area contributed by atoms with Crippen LogP contribution in [0.25, 0.3) is 0 Å². The van der Waals surface area contributed by atoms with Gasteiger partial charge in [-0.1, -0.05) is 56.8 Å². The number of halogens is 2. The third-order valence-corrected chi connectivity index (χ3v) is 3.77. The highest BCUT2D eigenvalue weighted by Gasteiger charge is 2.12. The summed E-state index contributed by atoms with van der Waals surface area (Å²) in [5.74, 6) is 0.685. The maximum absolute atomic E-state index is 6.12. The Bertz CT molecular complexity index is 346. The summed E-state index contributed by atoms with van der Waals surface area (Å²) in [7, 11) is 0. The van der Waals surface area contributed by atoms with Crippen LogP contribution < -0.4 is 0 Å². The zero-order valence-electron chi connectivity index (χ0n) is 10.2. The normalized spacial score (nSPS) is 11.1. The highest BCUT2D eigenvalue weighted by atomic mass is 35.5. The summed E-state index contributed by atoms with van der Waals surface area (Å²) in [5, 5.41) is 1.11. The lowest BCUT2D eigenvalue weighted by Crippen LogP contribution is -2.04. The molecule has 3 heteroatoms. The van der Waals surface area contributed by atoms with Crippen molar-refractivity contribution in [2.24, 2.45) is 5.92 Å². The maximum atomic E-state index is 6.12. The Morgan fingerprint density at radius 3 is 2.12 bits per heavy atom. The van der Waals surface area contributed by atoms with Gasteiger partial charge in [0.15, 0.2) is 0 Å². The summed E-state index contributed by atoms with van der Waals surface area (Å²) in [6.07, 6.45) is 4.26. The van der Waals surface area contributed by atoms with Crippen molar-refractivity contribution in [2.45, 2.75) is 46.5 Å². The van der Waals surface area contributed by atoms with Gasteiger partial charge < -0.3 is 0 Å². The molecule has 0 fully saturated rings. The van der Waals surface area contributed by atoms with Crippen molar-refractivity contribution in [3.8, 4) is 0 Å². The minimum atomic E-state index is 0.542. The predicted molar refractivity (Wildman–Crippen MR) is 71.4 cm³/mol. The lowest BCUT2D eigenvalue weighted by Gasteiger charge is -2.14. The van der Waals surface area contributed by atoms with Crippen LogP contribution in [-0.4, -0.2) is 4.98 Å². The highest BCUT2D eigenvalue weighted by Crippen LogP contribution is 2.25. The van der Waals surface area contributed by atoms with Gasteiger partial charge in [-0.3, -0.25) is 0 Å². The molecule has 0 saturated carbocycles. The molecule has 0 spiro atoms. The topological polar surface area (TPSA) is 12.9 Å². The van der Waals surface area contributed by atoms with Crippen molar-refractivity contribution in [3.05, 3.63) is 27.5 Å². The van der Waals surface area contributed by atoms with Gasteiger partial charge in [0.25, 0.3) is 0 Å². The van der Waals surface area contributed by atoms with Crippen LogP contribution in [-0.2, 0) is 12.8 Å². The zero-order chi connectivity index (χ0) is 12.1. The first kappa shape index (κ1) is 13.8. The van der Waals surface area contributed by atoms with Crippen LogP contribution in [0, 0.1) is 5.92 Å². The number of rotatable bonds is 5. The van der Waals surface area contributed by atoms with Gasteiger partial charge in [-0.05, 0) is 36.0 Å². The lowest BCUT2D eigenvalue weighted by molar-refractivity contribution is 0.490. The van der Waals surface area contributed by atoms with Gasteiger partial charge in [-0.15, -0.1) is 0 Å². The Morgan fingerprint density at radius 2 is 1.62 bits per heavy atom. The molecule has 1 rings (SSSR count). The number of aryl methyl sites for hydroxylation is 1. The number of aromatic nitrogens is 1. The second-order valence-electron chi connectivity index (χ2n) is 4.13. The molecule has 0 unspecified atom stereocenters. The van der Waals surface area contributed by atoms with Gasteiger partial charge in [0.2, 0.25) is 0 Å². The van der Waals surface area contributed by atoms with E-state index in [4.69, 9.17) is 23.2 Å². The highest BCUT2D eigenvalue weighted by molar-refractivity contribution is 6.33. The van der Waals surface area contributed by atoms with Gasteiger partial charge in [-0.2, -0.15) is 0 Å². The first-order valence-electron chi connectivity index (χ1n) is 5.96. The second kappa shape index (κ2) is 6.46. The van der Waals surface area contributed by atoms with Crippen molar-refractivity contribution in [1.29, 1.82) is 0 Å². The van der Waals surface area contributed by atoms with Crippen LogP contribution in [0.3, 0.4) is 0 Å². The van der Waals surface area contributed by atoms with E-state index < -0.39 is 0 Å². The molecule has 1 aromatic heterocycles. The van der Waals surface area contributed by atoms with Gasteiger partial charge in [-0.25, -0.2) is 4.98 Å². The largest absolute Gasteiger partial charge is 0.224 e. The van der Waals surface area contributed by atoms with Crippen molar-refractivity contribution in [2.75, 3.05) is 0 Å². The lowest BCUT2D eigenvalue weighted by atomic mass is 9.95. The Morgan fingerprint density at radius 1 is 1.06 bits per heavy atom. The Balaban J connectivity index is 2.95. The van der Waals surface area contributed by atoms with Crippen molar-refractivity contribution in [3.63, 3.8) is 0 Å². The molecule has 1 heterocycles. The first-order valence-corrected chi connectivity index (χ1v) is 6.71. The summed E-state index contributed by atoms with van der Waals surface area (Å²) < 4.78 is 0. The zero-order valence-corrected chi connectivity index (χ0v) is 11.7. The minimum absolute atomic E-state index is 0.542. The molecule has 0 atom stereocenters. The standard InChI is InChI=1S/C13H19Cl2N/c1-4-9(5-2)7-11-8-10(6-3)12(14)16-13(11)15/h8-9H,4-7H2,1-3H3. The number of nitrogens with zero attached hydrogens (tertiary/aromatic N) is 1. The van der Waals surface area contributed by atoms with E-state index in [1.165, 1.54) is 12.8 Å². The fraction of sp³-hybridized carbons (Fsp3) is 0.615. The summed E-state index contributed by atoms with van der Waals surface area (Å²) >= 11 is 12.1. The maximum Gasteiger partial charge on any atom is 0.134 e. The molecule has 0 radical (unpaired) electrons. The van der Waals surface area contributed by atoms with Crippen LogP contribution in [0.2, 0.25) is 10.3 Å². The molecule has 0 saturated heterocycles. The second-order valence-corrected chi connectivity index (χ2v) is 4.84. The van der Waals surface area contributed by atoms with E-state index >= 15 is 0 Å². The number of pyridine rings is 1. The van der Waals surface area contributed by atoms with Gasteiger partial charge in [0.05, 0.1) is 0 Å². The van der Waals surface area contributed by atoms with Crippen molar-refractivity contribution < 1.29 is 0 Å². The number of hydrogen-bond donors (Lipinski definition) is 0. The molecule has 1 aromatic rings. The summed E-state index contributed by atoms with van der Waals surface area (Å²) in [4.78, 5) is 4.20. The smallest absolute Gasteiger partial charge is 0.134 e. The first-order chi connectivity index (χ1) is 7.62. The van der Waals surface area contributed by atoms with Gasteiger partial charge in [0.1, 0.15) is 10.3 Å². The van der Waals surface area contributed by atoms with E-state index in [1.807, 2.05) is 0 Å². The molecular weight excluding hydrogens is 241 g/mol. The van der Waals surface area contributed by atoms with E-state index in [1.54, 1.807) is 0 Å². The molecule has 0 bridgehead atoms. The Hall–Kier alpha value is -0.270. The van der Waals surface area contributed by atoms with E-state index in [-0.39, 0.29) is 0 Å². The van der Waals surface area contributed by atoms with E-state index in [0.29, 0.717) is 16.2 Å². The quantitative estimate of drug-likeness (QED) is 0.684. The SMILES string of the molecule is CCc1cc(CC(CC)CC)c(Cl)nc1Cl. The Kier molecular flexibility index (Phi) is 5.57. The molecular formula is C13H19Cl2N. The average Bonchev–Trinajstić information content (AvgIpc) is 2.28. The van der Waals surface area contributed by atoms with Crippen LogP contribution >= 0.6 is 23.2 Å². The Labute approximate surface area is 108 Å². The third kappa shape index (κ3) is 3.36. The average molecular weight is 260 g/mol. The molecule has 0 amide bonds. The van der Waals surface area contributed by atoms with Crippen molar-refractivity contribution in [1.82, 2.24) is 4.98 Å². The van der Waals surface area contributed by atoms with Crippen LogP contribution in [0.4, 0.5) is 0 Å². The molecule has 1 nitrogen and oxygen atoms in total. The summed E-state index contributed by atoms with van der Waals surface area (Å²) in [5.41, 5.74) is 2.23.